The molecule has 100 valence electrons. The monoisotopic (exact) mass is 292 g/mol. The summed E-state index contributed by atoms with van der Waals surface area (Å²) in [5, 5.41) is 5.15. The van der Waals surface area contributed by atoms with Gasteiger partial charge < -0.3 is 5.32 Å². The van der Waals surface area contributed by atoms with Crippen LogP contribution in [-0.4, -0.2) is 11.0 Å². The molecule has 0 unspecified atom stereocenters. The molecule has 0 aliphatic heterocycles. The largest absolute Gasteiger partial charge is 0.310 e. The van der Waals surface area contributed by atoms with Gasteiger partial charge in [0.25, 0.3) is 0 Å². The van der Waals surface area contributed by atoms with Gasteiger partial charge in [-0.3, -0.25) is 0 Å². The van der Waals surface area contributed by atoms with Crippen molar-refractivity contribution < 1.29 is 0 Å². The Morgan fingerprint density at radius 2 is 2.11 bits per heavy atom. The van der Waals surface area contributed by atoms with Gasteiger partial charge in [0.1, 0.15) is 5.03 Å². The van der Waals surface area contributed by atoms with Gasteiger partial charge in [-0.15, -0.1) is 0 Å². The molecule has 0 spiro atoms. The van der Waals surface area contributed by atoms with E-state index in [1.54, 1.807) is 18.0 Å². The molecule has 0 saturated heterocycles. The first-order chi connectivity index (χ1) is 9.15. The fraction of sp³-hybridized carbons (Fsp3) is 0.267. The average Bonchev–Trinajstić information content (AvgIpc) is 2.39. The third-order valence-electron chi connectivity index (χ3n) is 2.59. The first kappa shape index (κ1) is 14.4. The molecule has 0 fully saturated rings. The van der Waals surface area contributed by atoms with Crippen molar-refractivity contribution in [3.63, 3.8) is 0 Å². The minimum absolute atomic E-state index is 0.457. The Morgan fingerprint density at radius 1 is 1.26 bits per heavy atom. The van der Waals surface area contributed by atoms with Crippen molar-refractivity contribution in [2.75, 3.05) is 0 Å². The number of pyridine rings is 1. The Kier molecular flexibility index (Phi) is 5.25. The average molecular weight is 293 g/mol. The van der Waals surface area contributed by atoms with E-state index in [4.69, 9.17) is 11.6 Å². The Bertz CT molecular complexity index is 529. The second-order valence-electron chi connectivity index (χ2n) is 4.56. The Balaban J connectivity index is 2.06. The second kappa shape index (κ2) is 6.94. The molecule has 0 amide bonds. The summed E-state index contributed by atoms with van der Waals surface area (Å²) in [6, 6.07) is 12.5. The molecule has 2 aromatic rings. The highest BCUT2D eigenvalue weighted by Crippen LogP contribution is 2.29. The third kappa shape index (κ3) is 4.53. The SMILES string of the molecule is CC(C)NCc1ccc(Sc2ccccn2)cc1Cl. The molecule has 1 aromatic carbocycles. The number of hydrogen-bond donors (Lipinski definition) is 1. The smallest absolute Gasteiger partial charge is 0.101 e. The number of halogens is 1. The fourth-order valence-electron chi connectivity index (χ4n) is 1.58. The Labute approximate surface area is 123 Å². The topological polar surface area (TPSA) is 24.9 Å². The number of benzene rings is 1. The maximum Gasteiger partial charge on any atom is 0.101 e. The van der Waals surface area contributed by atoms with Crippen molar-refractivity contribution in [1.82, 2.24) is 10.3 Å². The van der Waals surface area contributed by atoms with E-state index in [1.807, 2.05) is 24.3 Å². The van der Waals surface area contributed by atoms with Crippen LogP contribution in [0.3, 0.4) is 0 Å². The highest BCUT2D eigenvalue weighted by molar-refractivity contribution is 7.99. The summed E-state index contributed by atoms with van der Waals surface area (Å²) in [5.74, 6) is 0. The summed E-state index contributed by atoms with van der Waals surface area (Å²) < 4.78 is 0. The van der Waals surface area contributed by atoms with Crippen LogP contribution in [0.25, 0.3) is 0 Å². The summed E-state index contributed by atoms with van der Waals surface area (Å²) in [6.07, 6.45) is 1.80. The molecule has 0 aliphatic carbocycles. The van der Waals surface area contributed by atoms with Crippen molar-refractivity contribution in [3.8, 4) is 0 Å². The lowest BCUT2D eigenvalue weighted by atomic mass is 10.2. The Morgan fingerprint density at radius 3 is 2.74 bits per heavy atom. The van der Waals surface area contributed by atoms with E-state index in [1.165, 1.54) is 0 Å². The minimum atomic E-state index is 0.457. The molecule has 1 heterocycles. The molecule has 1 aromatic heterocycles. The number of hydrogen-bond acceptors (Lipinski definition) is 3. The van der Waals surface area contributed by atoms with Gasteiger partial charge in [0, 0.05) is 28.7 Å². The number of nitrogens with zero attached hydrogens (tertiary/aromatic N) is 1. The minimum Gasteiger partial charge on any atom is -0.310 e. The molecule has 0 radical (unpaired) electrons. The van der Waals surface area contributed by atoms with Gasteiger partial charge in [-0.25, -0.2) is 4.98 Å². The van der Waals surface area contributed by atoms with E-state index in [2.05, 4.69) is 36.3 Å². The Hall–Kier alpha value is -1.03. The molecule has 19 heavy (non-hydrogen) atoms. The fourth-order valence-corrected chi connectivity index (χ4v) is 2.70. The zero-order valence-corrected chi connectivity index (χ0v) is 12.6. The first-order valence-electron chi connectivity index (χ1n) is 6.26. The molecule has 2 rings (SSSR count). The normalized spacial score (nSPS) is 10.9. The van der Waals surface area contributed by atoms with Crippen LogP contribution in [0, 0.1) is 0 Å². The number of rotatable bonds is 5. The van der Waals surface area contributed by atoms with Gasteiger partial charge in [0.15, 0.2) is 0 Å². The lowest BCUT2D eigenvalue weighted by Crippen LogP contribution is -2.21. The molecule has 1 N–H and O–H groups in total. The van der Waals surface area contributed by atoms with E-state index >= 15 is 0 Å². The summed E-state index contributed by atoms with van der Waals surface area (Å²) in [5.41, 5.74) is 1.13. The molecule has 0 aliphatic rings. The predicted molar refractivity (Wildman–Crippen MR) is 81.8 cm³/mol. The quantitative estimate of drug-likeness (QED) is 0.885. The van der Waals surface area contributed by atoms with Crippen LogP contribution in [0.15, 0.2) is 52.5 Å². The van der Waals surface area contributed by atoms with E-state index < -0.39 is 0 Å². The van der Waals surface area contributed by atoms with Crippen LogP contribution in [0.5, 0.6) is 0 Å². The van der Waals surface area contributed by atoms with E-state index in [-0.39, 0.29) is 0 Å². The van der Waals surface area contributed by atoms with Crippen LogP contribution in [-0.2, 0) is 6.54 Å². The van der Waals surface area contributed by atoms with Crippen LogP contribution in [0.2, 0.25) is 5.02 Å². The van der Waals surface area contributed by atoms with Crippen LogP contribution < -0.4 is 5.32 Å². The van der Waals surface area contributed by atoms with Gasteiger partial charge >= 0.3 is 0 Å². The molecule has 0 atom stereocenters. The van der Waals surface area contributed by atoms with Crippen LogP contribution in [0.1, 0.15) is 19.4 Å². The van der Waals surface area contributed by atoms with Crippen molar-refractivity contribution in [1.29, 1.82) is 0 Å². The summed E-state index contributed by atoms with van der Waals surface area (Å²) in [7, 11) is 0. The summed E-state index contributed by atoms with van der Waals surface area (Å²) in [4.78, 5) is 5.40. The highest BCUT2D eigenvalue weighted by Gasteiger charge is 2.04. The van der Waals surface area contributed by atoms with Crippen molar-refractivity contribution >= 4 is 23.4 Å². The van der Waals surface area contributed by atoms with Gasteiger partial charge in [-0.05, 0) is 29.8 Å². The third-order valence-corrected chi connectivity index (χ3v) is 3.88. The van der Waals surface area contributed by atoms with Crippen molar-refractivity contribution in [2.45, 2.75) is 36.4 Å². The molecule has 2 nitrogen and oxygen atoms in total. The summed E-state index contributed by atoms with van der Waals surface area (Å²) >= 11 is 7.92. The van der Waals surface area contributed by atoms with E-state index in [9.17, 15) is 0 Å². The maximum absolute atomic E-state index is 6.31. The lowest BCUT2D eigenvalue weighted by molar-refractivity contribution is 0.589. The maximum atomic E-state index is 6.31. The summed E-state index contributed by atoms with van der Waals surface area (Å²) in [6.45, 7) is 5.05. The second-order valence-corrected chi connectivity index (χ2v) is 6.06. The van der Waals surface area contributed by atoms with E-state index in [0.29, 0.717) is 6.04 Å². The molecular formula is C15H17ClN2S. The van der Waals surface area contributed by atoms with Gasteiger partial charge in [-0.1, -0.05) is 49.3 Å². The number of nitrogens with one attached hydrogen (secondary N) is 1. The van der Waals surface area contributed by atoms with Gasteiger partial charge in [-0.2, -0.15) is 0 Å². The van der Waals surface area contributed by atoms with Crippen molar-refractivity contribution in [3.05, 3.63) is 53.2 Å². The van der Waals surface area contributed by atoms with Crippen LogP contribution in [0.4, 0.5) is 0 Å². The van der Waals surface area contributed by atoms with Crippen molar-refractivity contribution in [2.24, 2.45) is 0 Å². The van der Waals surface area contributed by atoms with Gasteiger partial charge in [0.05, 0.1) is 0 Å². The van der Waals surface area contributed by atoms with Crippen LogP contribution >= 0.6 is 23.4 Å². The number of aromatic nitrogens is 1. The molecule has 0 saturated carbocycles. The zero-order valence-electron chi connectivity index (χ0n) is 11.1. The predicted octanol–water partition coefficient (Wildman–Crippen LogP) is 4.38. The molecular weight excluding hydrogens is 276 g/mol. The first-order valence-corrected chi connectivity index (χ1v) is 7.45. The molecule has 4 heteroatoms. The lowest BCUT2D eigenvalue weighted by Gasteiger charge is -2.10. The molecule has 0 bridgehead atoms. The highest BCUT2D eigenvalue weighted by atomic mass is 35.5. The standard InChI is InChI=1S/C15H17ClN2S/c1-11(2)18-10-12-6-7-13(9-14(12)16)19-15-5-3-4-8-17-15/h3-9,11,18H,10H2,1-2H3. The zero-order chi connectivity index (χ0) is 13.7. The van der Waals surface area contributed by atoms with Gasteiger partial charge in [0.2, 0.25) is 0 Å². The van der Waals surface area contributed by atoms with E-state index in [0.717, 1.165) is 27.1 Å².